The predicted molar refractivity (Wildman–Crippen MR) is 73.7 cm³/mol. The number of nitrogens with zero attached hydrogens (tertiary/aromatic N) is 1. The highest BCUT2D eigenvalue weighted by molar-refractivity contribution is 7.17. The van der Waals surface area contributed by atoms with Gasteiger partial charge in [-0.25, -0.2) is 0 Å². The first-order valence-electron chi connectivity index (χ1n) is 5.45. The summed E-state index contributed by atoms with van der Waals surface area (Å²) in [5, 5.41) is 3.94. The van der Waals surface area contributed by atoms with Crippen molar-refractivity contribution in [3.05, 3.63) is 46.8 Å². The van der Waals surface area contributed by atoms with E-state index in [1.165, 1.54) is 16.0 Å². The molecule has 0 N–H and O–H groups in total. The molecule has 0 spiro atoms. The summed E-state index contributed by atoms with van der Waals surface area (Å²) in [5.41, 5.74) is 3.44. The Balaban J connectivity index is 2.30. The molecule has 0 saturated heterocycles. The number of oxime groups is 1. The number of rotatable bonds is 3. The van der Waals surface area contributed by atoms with Gasteiger partial charge in [-0.05, 0) is 31.5 Å². The zero-order valence-electron chi connectivity index (χ0n) is 10.2. The Labute approximate surface area is 106 Å². The van der Waals surface area contributed by atoms with Gasteiger partial charge in [-0.2, -0.15) is 0 Å². The Morgan fingerprint density at radius 3 is 2.47 bits per heavy atom. The summed E-state index contributed by atoms with van der Waals surface area (Å²) in [6.07, 6.45) is 0. The average molecular weight is 245 g/mol. The van der Waals surface area contributed by atoms with Crippen LogP contribution in [0, 0.1) is 6.92 Å². The first-order valence-corrected chi connectivity index (χ1v) is 6.27. The van der Waals surface area contributed by atoms with Crippen LogP contribution in [0.25, 0.3) is 10.4 Å². The van der Waals surface area contributed by atoms with Crippen molar-refractivity contribution in [1.82, 2.24) is 0 Å². The van der Waals surface area contributed by atoms with Crippen LogP contribution in [0.4, 0.5) is 0 Å². The van der Waals surface area contributed by atoms with E-state index in [0.717, 1.165) is 10.6 Å². The number of hydrogen-bond donors (Lipinski definition) is 0. The molecule has 0 amide bonds. The van der Waals surface area contributed by atoms with E-state index in [9.17, 15) is 0 Å². The molecule has 3 heteroatoms. The van der Waals surface area contributed by atoms with E-state index in [-0.39, 0.29) is 0 Å². The number of benzene rings is 1. The average Bonchev–Trinajstić information content (AvgIpc) is 2.80. The lowest BCUT2D eigenvalue weighted by Gasteiger charge is -1.98. The third-order valence-electron chi connectivity index (χ3n) is 2.53. The first kappa shape index (κ1) is 11.9. The fourth-order valence-corrected chi connectivity index (χ4v) is 2.54. The van der Waals surface area contributed by atoms with E-state index in [2.05, 4.69) is 48.5 Å². The molecule has 1 aromatic heterocycles. The standard InChI is InChI=1S/C14H15NOS/c1-10-4-6-12(7-5-10)14-9-8-13(17-14)11(2)15-16-3/h4-9H,1-3H3/b15-11+. The Kier molecular flexibility index (Phi) is 3.59. The van der Waals surface area contributed by atoms with E-state index < -0.39 is 0 Å². The summed E-state index contributed by atoms with van der Waals surface area (Å²) >= 11 is 1.73. The molecule has 0 radical (unpaired) electrons. The topological polar surface area (TPSA) is 21.6 Å². The Morgan fingerprint density at radius 1 is 1.12 bits per heavy atom. The molecule has 0 atom stereocenters. The maximum Gasteiger partial charge on any atom is 0.106 e. The zero-order valence-corrected chi connectivity index (χ0v) is 11.0. The van der Waals surface area contributed by atoms with Crippen LogP contribution in [0.5, 0.6) is 0 Å². The van der Waals surface area contributed by atoms with Gasteiger partial charge in [0.1, 0.15) is 7.11 Å². The van der Waals surface area contributed by atoms with E-state index in [1.807, 2.05) is 6.92 Å². The van der Waals surface area contributed by atoms with Gasteiger partial charge in [-0.3, -0.25) is 0 Å². The van der Waals surface area contributed by atoms with Crippen molar-refractivity contribution in [3.8, 4) is 10.4 Å². The molecule has 0 aliphatic carbocycles. The van der Waals surface area contributed by atoms with Crippen molar-refractivity contribution in [3.63, 3.8) is 0 Å². The third kappa shape index (κ3) is 2.74. The van der Waals surface area contributed by atoms with Crippen LogP contribution in [0.3, 0.4) is 0 Å². The van der Waals surface area contributed by atoms with E-state index in [4.69, 9.17) is 4.84 Å². The maximum absolute atomic E-state index is 4.78. The molecule has 17 heavy (non-hydrogen) atoms. The van der Waals surface area contributed by atoms with Gasteiger partial charge in [0.15, 0.2) is 0 Å². The SMILES string of the molecule is CO/N=C(\C)c1ccc(-c2ccc(C)cc2)s1. The Bertz CT molecular complexity index is 525. The molecular weight excluding hydrogens is 230 g/mol. The maximum atomic E-state index is 4.78. The summed E-state index contributed by atoms with van der Waals surface area (Å²) in [5.74, 6) is 0. The zero-order chi connectivity index (χ0) is 12.3. The quantitative estimate of drug-likeness (QED) is 0.589. The first-order chi connectivity index (χ1) is 8.20. The minimum absolute atomic E-state index is 0.913. The molecule has 2 aromatic rings. The Hall–Kier alpha value is -1.61. The summed E-state index contributed by atoms with van der Waals surface area (Å²) < 4.78 is 0. The third-order valence-corrected chi connectivity index (χ3v) is 3.77. The highest BCUT2D eigenvalue weighted by Gasteiger charge is 2.05. The molecule has 0 aliphatic heterocycles. The summed E-state index contributed by atoms with van der Waals surface area (Å²) in [6, 6.07) is 12.8. The van der Waals surface area contributed by atoms with Crippen LogP contribution < -0.4 is 0 Å². The van der Waals surface area contributed by atoms with Crippen molar-refractivity contribution in [1.29, 1.82) is 0 Å². The van der Waals surface area contributed by atoms with Gasteiger partial charge in [0.2, 0.25) is 0 Å². The fraction of sp³-hybridized carbons (Fsp3) is 0.214. The van der Waals surface area contributed by atoms with Crippen LogP contribution in [0.1, 0.15) is 17.4 Å². The molecule has 2 rings (SSSR count). The highest BCUT2D eigenvalue weighted by atomic mass is 32.1. The lowest BCUT2D eigenvalue weighted by molar-refractivity contribution is 0.213. The second kappa shape index (κ2) is 5.15. The van der Waals surface area contributed by atoms with E-state index in [0.29, 0.717) is 0 Å². The van der Waals surface area contributed by atoms with Gasteiger partial charge in [0, 0.05) is 4.88 Å². The lowest BCUT2D eigenvalue weighted by atomic mass is 10.1. The molecule has 1 heterocycles. The van der Waals surface area contributed by atoms with Gasteiger partial charge in [-0.1, -0.05) is 35.0 Å². The molecule has 1 aromatic carbocycles. The summed E-state index contributed by atoms with van der Waals surface area (Å²) in [7, 11) is 1.57. The summed E-state index contributed by atoms with van der Waals surface area (Å²) in [4.78, 5) is 7.18. The Morgan fingerprint density at radius 2 is 1.82 bits per heavy atom. The van der Waals surface area contributed by atoms with Crippen molar-refractivity contribution < 1.29 is 4.84 Å². The van der Waals surface area contributed by atoms with E-state index in [1.54, 1.807) is 18.4 Å². The van der Waals surface area contributed by atoms with Gasteiger partial charge in [0.05, 0.1) is 10.6 Å². The van der Waals surface area contributed by atoms with E-state index >= 15 is 0 Å². The van der Waals surface area contributed by atoms with Crippen LogP contribution >= 0.6 is 11.3 Å². The van der Waals surface area contributed by atoms with Crippen molar-refractivity contribution in [2.75, 3.05) is 7.11 Å². The molecule has 0 bridgehead atoms. The fourth-order valence-electron chi connectivity index (χ4n) is 1.59. The van der Waals surface area contributed by atoms with Crippen molar-refractivity contribution in [2.45, 2.75) is 13.8 Å². The van der Waals surface area contributed by atoms with Gasteiger partial charge < -0.3 is 4.84 Å². The summed E-state index contributed by atoms with van der Waals surface area (Å²) in [6.45, 7) is 4.05. The molecule has 0 unspecified atom stereocenters. The normalized spacial score (nSPS) is 11.6. The van der Waals surface area contributed by atoms with Crippen LogP contribution in [0.15, 0.2) is 41.6 Å². The van der Waals surface area contributed by atoms with Crippen LogP contribution in [0.2, 0.25) is 0 Å². The smallest absolute Gasteiger partial charge is 0.106 e. The minimum Gasteiger partial charge on any atom is -0.399 e. The molecule has 2 nitrogen and oxygen atoms in total. The molecule has 0 aliphatic rings. The van der Waals surface area contributed by atoms with Crippen LogP contribution in [-0.2, 0) is 4.84 Å². The number of hydrogen-bond acceptors (Lipinski definition) is 3. The van der Waals surface area contributed by atoms with Gasteiger partial charge in [0.25, 0.3) is 0 Å². The van der Waals surface area contributed by atoms with Crippen LogP contribution in [-0.4, -0.2) is 12.8 Å². The van der Waals surface area contributed by atoms with Crippen molar-refractivity contribution >= 4 is 17.0 Å². The second-order valence-corrected chi connectivity index (χ2v) is 4.97. The monoisotopic (exact) mass is 245 g/mol. The number of thiophene rings is 1. The second-order valence-electron chi connectivity index (χ2n) is 3.89. The molecule has 0 fully saturated rings. The molecule has 88 valence electrons. The largest absolute Gasteiger partial charge is 0.399 e. The minimum atomic E-state index is 0.913. The lowest BCUT2D eigenvalue weighted by Crippen LogP contribution is -1.89. The predicted octanol–water partition coefficient (Wildman–Crippen LogP) is 4.09. The highest BCUT2D eigenvalue weighted by Crippen LogP contribution is 2.28. The molecule has 0 saturated carbocycles. The number of aryl methyl sites for hydroxylation is 1. The van der Waals surface area contributed by atoms with Crippen molar-refractivity contribution in [2.24, 2.45) is 5.16 Å². The molecular formula is C14H15NOS. The van der Waals surface area contributed by atoms with Gasteiger partial charge in [-0.15, -0.1) is 11.3 Å². The van der Waals surface area contributed by atoms with Gasteiger partial charge >= 0.3 is 0 Å².